The maximum atomic E-state index is 11.4. The zero-order chi connectivity index (χ0) is 14.7. The summed E-state index contributed by atoms with van der Waals surface area (Å²) in [6.07, 6.45) is 3.45. The van der Waals surface area contributed by atoms with Crippen molar-refractivity contribution in [1.29, 1.82) is 0 Å². The van der Waals surface area contributed by atoms with Gasteiger partial charge in [0.25, 0.3) is 5.91 Å². The van der Waals surface area contributed by atoms with E-state index in [9.17, 15) is 4.79 Å². The van der Waals surface area contributed by atoms with E-state index in [2.05, 4.69) is 4.98 Å². The highest BCUT2D eigenvalue weighted by molar-refractivity contribution is 7.98. The number of nitrogens with two attached hydrogens (primary N) is 1. The molecule has 0 aliphatic rings. The van der Waals surface area contributed by atoms with Crippen LogP contribution in [0, 0.1) is 13.8 Å². The van der Waals surface area contributed by atoms with Gasteiger partial charge in [-0.3, -0.25) is 9.78 Å². The number of pyridine rings is 1. The number of thioether (sulfide) groups is 1. The first-order valence-electron chi connectivity index (χ1n) is 6.10. The summed E-state index contributed by atoms with van der Waals surface area (Å²) in [4.78, 5) is 16.6. The molecule has 20 heavy (non-hydrogen) atoms. The number of carbonyl (C=O) groups is 1. The van der Waals surface area contributed by atoms with Crippen LogP contribution in [0.15, 0.2) is 35.4 Å². The fourth-order valence-electron chi connectivity index (χ4n) is 1.79. The number of amides is 1. The average Bonchev–Trinajstić information content (AvgIpc) is 2.40. The minimum atomic E-state index is -0.551. The highest BCUT2D eigenvalue weighted by atomic mass is 32.2. The second-order valence-electron chi connectivity index (χ2n) is 4.42. The van der Waals surface area contributed by atoms with Gasteiger partial charge in [-0.15, -0.1) is 11.8 Å². The summed E-state index contributed by atoms with van der Waals surface area (Å²) >= 11 is 1.65. The first kappa shape index (κ1) is 14.4. The fourth-order valence-corrected chi connectivity index (χ4v) is 2.42. The Balaban J connectivity index is 2.39. The van der Waals surface area contributed by atoms with Gasteiger partial charge in [0.15, 0.2) is 0 Å². The van der Waals surface area contributed by atoms with E-state index in [-0.39, 0.29) is 5.56 Å². The van der Waals surface area contributed by atoms with E-state index in [1.807, 2.05) is 38.3 Å². The lowest BCUT2D eigenvalue weighted by Gasteiger charge is -2.11. The van der Waals surface area contributed by atoms with Gasteiger partial charge in [0.05, 0.1) is 0 Å². The van der Waals surface area contributed by atoms with E-state index in [1.165, 1.54) is 11.8 Å². The predicted octanol–water partition coefficient (Wildman–Crippen LogP) is 3.31. The lowest BCUT2D eigenvalue weighted by Crippen LogP contribution is -2.13. The van der Waals surface area contributed by atoms with Crippen molar-refractivity contribution < 1.29 is 9.53 Å². The summed E-state index contributed by atoms with van der Waals surface area (Å²) in [7, 11) is 0. The molecule has 0 fully saturated rings. The van der Waals surface area contributed by atoms with Crippen LogP contribution in [-0.2, 0) is 0 Å². The van der Waals surface area contributed by atoms with Crippen molar-refractivity contribution in [2.45, 2.75) is 18.7 Å². The molecule has 2 N–H and O–H groups in total. The monoisotopic (exact) mass is 288 g/mol. The second kappa shape index (κ2) is 5.96. The topological polar surface area (TPSA) is 65.2 Å². The highest BCUT2D eigenvalue weighted by Gasteiger charge is 2.12. The fraction of sp³-hybridized carbons (Fsp3) is 0.200. The van der Waals surface area contributed by atoms with E-state index in [0.717, 1.165) is 10.6 Å². The Labute approximate surface area is 122 Å². The first-order chi connectivity index (χ1) is 9.51. The molecular weight excluding hydrogens is 272 g/mol. The number of hydrogen-bond donors (Lipinski definition) is 1. The molecule has 0 aliphatic carbocycles. The zero-order valence-electron chi connectivity index (χ0n) is 11.6. The van der Waals surface area contributed by atoms with Gasteiger partial charge in [-0.1, -0.05) is 6.07 Å². The largest absolute Gasteiger partial charge is 0.456 e. The summed E-state index contributed by atoms with van der Waals surface area (Å²) in [6.45, 7) is 3.88. The van der Waals surface area contributed by atoms with Crippen LogP contribution in [0.4, 0.5) is 0 Å². The Kier molecular flexibility index (Phi) is 4.29. The smallest absolute Gasteiger partial charge is 0.254 e. The molecule has 0 spiro atoms. The van der Waals surface area contributed by atoms with E-state index in [1.54, 1.807) is 17.8 Å². The van der Waals surface area contributed by atoms with E-state index < -0.39 is 5.91 Å². The Morgan fingerprint density at radius 2 is 2.05 bits per heavy atom. The van der Waals surface area contributed by atoms with Crippen molar-refractivity contribution in [3.05, 3.63) is 47.3 Å². The van der Waals surface area contributed by atoms with Gasteiger partial charge in [0.1, 0.15) is 17.1 Å². The molecule has 1 heterocycles. The third-order valence-corrected chi connectivity index (χ3v) is 3.76. The van der Waals surface area contributed by atoms with Gasteiger partial charge in [0, 0.05) is 22.9 Å². The molecule has 0 unspecified atom stereocenters. The Hall–Kier alpha value is -2.01. The minimum absolute atomic E-state index is 0.280. The quantitative estimate of drug-likeness (QED) is 0.877. The third kappa shape index (κ3) is 3.11. The maximum absolute atomic E-state index is 11.4. The lowest BCUT2D eigenvalue weighted by molar-refractivity contribution is 0.0997. The number of benzene rings is 1. The van der Waals surface area contributed by atoms with Crippen LogP contribution in [0.25, 0.3) is 0 Å². The van der Waals surface area contributed by atoms with Crippen LogP contribution in [0.5, 0.6) is 11.5 Å². The Morgan fingerprint density at radius 3 is 2.70 bits per heavy atom. The number of primary amides is 1. The molecule has 0 bridgehead atoms. The number of rotatable bonds is 4. The molecule has 1 amide bonds. The van der Waals surface area contributed by atoms with Gasteiger partial charge in [-0.25, -0.2) is 0 Å². The molecule has 0 radical (unpaired) electrons. The number of aryl methyl sites for hydroxylation is 2. The molecule has 5 heteroatoms. The summed E-state index contributed by atoms with van der Waals surface area (Å²) in [5.41, 5.74) is 7.57. The van der Waals surface area contributed by atoms with Crippen LogP contribution in [0.3, 0.4) is 0 Å². The number of aromatic nitrogens is 1. The van der Waals surface area contributed by atoms with Crippen LogP contribution in [0.2, 0.25) is 0 Å². The van der Waals surface area contributed by atoms with Crippen LogP contribution < -0.4 is 10.5 Å². The van der Waals surface area contributed by atoms with Crippen LogP contribution >= 0.6 is 11.8 Å². The van der Waals surface area contributed by atoms with Gasteiger partial charge in [0.2, 0.25) is 0 Å². The van der Waals surface area contributed by atoms with Gasteiger partial charge < -0.3 is 10.5 Å². The number of carbonyl (C=O) groups excluding carboxylic acids is 1. The molecule has 0 atom stereocenters. The third-order valence-electron chi connectivity index (χ3n) is 2.88. The molecule has 0 saturated heterocycles. The number of nitrogens with zero attached hydrogens (tertiary/aromatic N) is 1. The maximum Gasteiger partial charge on any atom is 0.254 e. The molecule has 2 rings (SSSR count). The summed E-state index contributed by atoms with van der Waals surface area (Å²) in [5, 5.41) is 0. The standard InChI is InChI=1S/C15H16N2O2S/c1-9-4-5-11(7-14(9)20-3)19-13-6-10(2)17-8-12(13)15(16)18/h4-8H,1-3H3,(H2,16,18). The first-order valence-corrected chi connectivity index (χ1v) is 7.32. The zero-order valence-corrected chi connectivity index (χ0v) is 12.5. The van der Waals surface area contributed by atoms with Crippen LogP contribution in [0.1, 0.15) is 21.6 Å². The van der Waals surface area contributed by atoms with Crippen molar-refractivity contribution in [2.75, 3.05) is 6.26 Å². The molecule has 0 saturated carbocycles. The molecule has 1 aromatic carbocycles. The minimum Gasteiger partial charge on any atom is -0.456 e. The van der Waals surface area contributed by atoms with Crippen molar-refractivity contribution in [3.63, 3.8) is 0 Å². The van der Waals surface area contributed by atoms with Gasteiger partial charge in [-0.05, 0) is 37.8 Å². The summed E-state index contributed by atoms with van der Waals surface area (Å²) in [5.74, 6) is 0.554. The van der Waals surface area contributed by atoms with Gasteiger partial charge in [-0.2, -0.15) is 0 Å². The van der Waals surface area contributed by atoms with Crippen LogP contribution in [-0.4, -0.2) is 17.1 Å². The van der Waals surface area contributed by atoms with Gasteiger partial charge >= 0.3 is 0 Å². The summed E-state index contributed by atoms with van der Waals surface area (Å²) < 4.78 is 5.79. The van der Waals surface area contributed by atoms with Crippen molar-refractivity contribution in [1.82, 2.24) is 4.98 Å². The molecule has 0 aliphatic heterocycles. The van der Waals surface area contributed by atoms with E-state index >= 15 is 0 Å². The van der Waals surface area contributed by atoms with E-state index in [4.69, 9.17) is 10.5 Å². The molecule has 2 aromatic rings. The SMILES string of the molecule is CSc1cc(Oc2cc(C)ncc2C(N)=O)ccc1C. The van der Waals surface area contributed by atoms with Crippen molar-refractivity contribution >= 4 is 17.7 Å². The lowest BCUT2D eigenvalue weighted by atomic mass is 10.2. The molecule has 104 valence electrons. The average molecular weight is 288 g/mol. The molecule has 1 aromatic heterocycles. The second-order valence-corrected chi connectivity index (χ2v) is 5.27. The number of ether oxygens (including phenoxy) is 1. The Bertz CT molecular complexity index is 656. The normalized spacial score (nSPS) is 10.3. The van der Waals surface area contributed by atoms with E-state index in [0.29, 0.717) is 11.5 Å². The predicted molar refractivity (Wildman–Crippen MR) is 80.5 cm³/mol. The van der Waals surface area contributed by atoms with Crippen molar-refractivity contribution in [2.24, 2.45) is 5.73 Å². The summed E-state index contributed by atoms with van der Waals surface area (Å²) in [6, 6.07) is 7.51. The molecular formula is C15H16N2O2S. The highest BCUT2D eigenvalue weighted by Crippen LogP contribution is 2.30. The Morgan fingerprint density at radius 1 is 1.30 bits per heavy atom. The number of hydrogen-bond acceptors (Lipinski definition) is 4. The van der Waals surface area contributed by atoms with Crippen molar-refractivity contribution in [3.8, 4) is 11.5 Å². The molecule has 4 nitrogen and oxygen atoms in total.